The molecule has 0 aliphatic carbocycles. The summed E-state index contributed by atoms with van der Waals surface area (Å²) >= 11 is 0. The maximum absolute atomic E-state index is 13.7. The largest absolute Gasteiger partial charge is 0.449 e. The fourth-order valence-electron chi connectivity index (χ4n) is 3.58. The highest BCUT2D eigenvalue weighted by Gasteiger charge is 2.38. The molecule has 1 aliphatic heterocycles. The van der Waals surface area contributed by atoms with Crippen molar-refractivity contribution < 1.29 is 13.2 Å². The highest BCUT2D eigenvalue weighted by molar-refractivity contribution is 5.89. The summed E-state index contributed by atoms with van der Waals surface area (Å²) in [5.74, 6) is -0.845. The van der Waals surface area contributed by atoms with Gasteiger partial charge in [0.25, 0.3) is 0 Å². The van der Waals surface area contributed by atoms with E-state index in [9.17, 15) is 13.2 Å². The molecular weight excluding hydrogens is 353 g/mol. The van der Waals surface area contributed by atoms with Crippen LogP contribution in [0.2, 0.25) is 0 Å². The molecule has 0 unspecified atom stereocenters. The van der Waals surface area contributed by atoms with Crippen molar-refractivity contribution in [2.24, 2.45) is 0 Å². The van der Waals surface area contributed by atoms with Crippen molar-refractivity contribution >= 4 is 16.7 Å². The van der Waals surface area contributed by atoms with Crippen LogP contribution in [0, 0.1) is 0 Å². The molecule has 0 amide bonds. The van der Waals surface area contributed by atoms with Crippen molar-refractivity contribution in [3.8, 4) is 0 Å². The molecule has 3 aromatic rings. The first-order valence-corrected chi connectivity index (χ1v) is 8.97. The van der Waals surface area contributed by atoms with Crippen LogP contribution in [0.15, 0.2) is 48.5 Å². The molecule has 0 bridgehead atoms. The molecule has 2 heterocycles. The molecule has 1 fully saturated rings. The maximum Gasteiger partial charge on any atom is 0.449 e. The molecule has 0 radical (unpaired) electrons. The van der Waals surface area contributed by atoms with Gasteiger partial charge in [-0.15, -0.1) is 0 Å². The minimum absolute atomic E-state index is 0.137. The van der Waals surface area contributed by atoms with Gasteiger partial charge in [0.2, 0.25) is 5.82 Å². The number of para-hydroxylation sites is 1. The van der Waals surface area contributed by atoms with E-state index in [0.717, 1.165) is 37.4 Å². The number of halogens is 3. The number of nitrogens with zero attached hydrogens (tertiary/aromatic N) is 4. The van der Waals surface area contributed by atoms with Crippen LogP contribution in [0.4, 0.5) is 18.9 Å². The van der Waals surface area contributed by atoms with Crippen molar-refractivity contribution in [3.05, 3.63) is 59.9 Å². The lowest BCUT2D eigenvalue weighted by molar-refractivity contribution is -0.146. The summed E-state index contributed by atoms with van der Waals surface area (Å²) in [4.78, 5) is 8.40. The smallest absolute Gasteiger partial charge is 0.367 e. The monoisotopic (exact) mass is 374 g/mol. The molecule has 1 saturated heterocycles. The Hall–Kier alpha value is -2.54. The van der Waals surface area contributed by atoms with Gasteiger partial charge in [0, 0.05) is 32.7 Å². The zero-order chi connectivity index (χ0) is 19.0. The molecule has 0 N–H and O–H groups in total. The first-order valence-electron chi connectivity index (χ1n) is 8.97. The Labute approximate surface area is 155 Å². The van der Waals surface area contributed by atoms with Crippen LogP contribution in [0.25, 0.3) is 11.0 Å². The van der Waals surface area contributed by atoms with E-state index >= 15 is 0 Å². The van der Waals surface area contributed by atoms with Crippen LogP contribution in [0.5, 0.6) is 0 Å². The lowest BCUT2D eigenvalue weighted by Gasteiger charge is -2.34. The predicted molar refractivity (Wildman–Crippen MR) is 100.0 cm³/mol. The van der Waals surface area contributed by atoms with Gasteiger partial charge in [-0.3, -0.25) is 0 Å². The highest BCUT2D eigenvalue weighted by Crippen LogP contribution is 2.35. The second-order valence-electron chi connectivity index (χ2n) is 6.94. The second kappa shape index (κ2) is 6.88. The molecule has 2 aromatic carbocycles. The van der Waals surface area contributed by atoms with Crippen molar-refractivity contribution in [1.29, 1.82) is 0 Å². The molecule has 4 rings (SSSR count). The summed E-state index contributed by atoms with van der Waals surface area (Å²) < 4.78 is 42.4. The van der Waals surface area contributed by atoms with Gasteiger partial charge in [0.05, 0.1) is 11.2 Å². The van der Waals surface area contributed by atoms with Crippen LogP contribution in [0.3, 0.4) is 0 Å². The molecule has 4 nitrogen and oxygen atoms in total. The number of anilines is 1. The van der Waals surface area contributed by atoms with Crippen molar-refractivity contribution in [2.75, 3.05) is 38.1 Å². The summed E-state index contributed by atoms with van der Waals surface area (Å²) in [7, 11) is 2.05. The molecule has 0 spiro atoms. The molecule has 0 atom stereocenters. The quantitative estimate of drug-likeness (QED) is 0.696. The molecular formula is C20H21F3N4. The van der Waals surface area contributed by atoms with E-state index in [0.29, 0.717) is 11.0 Å². The van der Waals surface area contributed by atoms with Gasteiger partial charge in [0.1, 0.15) is 5.52 Å². The van der Waals surface area contributed by atoms with E-state index < -0.39 is 12.0 Å². The SMILES string of the molecule is CN1CCN(c2cccc3c2nc(C(F)(F)F)n3Cc2ccccc2)CC1. The number of alkyl halides is 3. The Morgan fingerprint density at radius 2 is 1.63 bits per heavy atom. The van der Waals surface area contributed by atoms with Crippen molar-refractivity contribution in [1.82, 2.24) is 14.5 Å². The molecule has 1 aliphatic rings. The number of piperazine rings is 1. The van der Waals surface area contributed by atoms with Gasteiger partial charge in [0.15, 0.2) is 0 Å². The van der Waals surface area contributed by atoms with Crippen LogP contribution < -0.4 is 4.90 Å². The zero-order valence-electron chi connectivity index (χ0n) is 15.1. The standard InChI is InChI=1S/C20H21F3N4/c1-25-10-12-26(13-11-25)16-8-5-9-17-18(16)24-19(20(21,22)23)27(17)14-15-6-3-2-4-7-15/h2-9H,10-14H2,1H3. The minimum Gasteiger partial charge on any atom is -0.367 e. The third kappa shape index (κ3) is 3.51. The molecule has 142 valence electrons. The van der Waals surface area contributed by atoms with E-state index in [4.69, 9.17) is 0 Å². The van der Waals surface area contributed by atoms with Gasteiger partial charge in [-0.2, -0.15) is 13.2 Å². The van der Waals surface area contributed by atoms with E-state index in [1.54, 1.807) is 6.07 Å². The number of fused-ring (bicyclic) bond motifs is 1. The summed E-state index contributed by atoms with van der Waals surface area (Å²) in [5.41, 5.74) is 2.53. The Morgan fingerprint density at radius 1 is 0.926 bits per heavy atom. The third-order valence-corrected chi connectivity index (χ3v) is 5.04. The second-order valence-corrected chi connectivity index (χ2v) is 6.94. The normalized spacial score (nSPS) is 16.2. The van der Waals surface area contributed by atoms with E-state index in [1.165, 1.54) is 4.57 Å². The van der Waals surface area contributed by atoms with Gasteiger partial charge in [-0.05, 0) is 24.7 Å². The number of aromatic nitrogens is 2. The zero-order valence-corrected chi connectivity index (χ0v) is 15.1. The Kier molecular flexibility index (Phi) is 4.55. The van der Waals surface area contributed by atoms with Crippen LogP contribution in [-0.2, 0) is 12.7 Å². The lowest BCUT2D eigenvalue weighted by atomic mass is 10.2. The van der Waals surface area contributed by atoms with E-state index in [1.807, 2.05) is 49.5 Å². The average Bonchev–Trinajstić information content (AvgIpc) is 3.02. The number of likely N-dealkylation sites (N-methyl/N-ethyl adjacent to an activating group) is 1. The fraction of sp³-hybridized carbons (Fsp3) is 0.350. The molecule has 27 heavy (non-hydrogen) atoms. The van der Waals surface area contributed by atoms with E-state index in [-0.39, 0.29) is 6.54 Å². The van der Waals surface area contributed by atoms with E-state index in [2.05, 4.69) is 14.8 Å². The Balaban J connectivity index is 1.82. The first kappa shape index (κ1) is 17.9. The van der Waals surface area contributed by atoms with Crippen LogP contribution in [-0.4, -0.2) is 47.7 Å². The highest BCUT2D eigenvalue weighted by atomic mass is 19.4. The Morgan fingerprint density at radius 3 is 2.30 bits per heavy atom. The van der Waals surface area contributed by atoms with Gasteiger partial charge in [-0.1, -0.05) is 36.4 Å². The molecule has 0 saturated carbocycles. The first-order chi connectivity index (χ1) is 12.9. The number of hydrogen-bond acceptors (Lipinski definition) is 3. The third-order valence-electron chi connectivity index (χ3n) is 5.04. The maximum atomic E-state index is 13.7. The summed E-state index contributed by atoms with van der Waals surface area (Å²) in [6.07, 6.45) is -4.51. The van der Waals surface area contributed by atoms with Crippen LogP contribution in [0.1, 0.15) is 11.4 Å². The summed E-state index contributed by atoms with van der Waals surface area (Å²) in [5, 5.41) is 0. The number of hydrogen-bond donors (Lipinski definition) is 0. The number of rotatable bonds is 3. The van der Waals surface area contributed by atoms with Gasteiger partial charge in [-0.25, -0.2) is 4.98 Å². The Bertz CT molecular complexity index is 926. The van der Waals surface area contributed by atoms with Crippen molar-refractivity contribution in [3.63, 3.8) is 0 Å². The lowest BCUT2D eigenvalue weighted by Crippen LogP contribution is -2.44. The fourth-order valence-corrected chi connectivity index (χ4v) is 3.58. The van der Waals surface area contributed by atoms with Crippen molar-refractivity contribution in [2.45, 2.75) is 12.7 Å². The van der Waals surface area contributed by atoms with Gasteiger partial charge >= 0.3 is 6.18 Å². The molecule has 1 aromatic heterocycles. The average molecular weight is 374 g/mol. The molecule has 7 heteroatoms. The predicted octanol–water partition coefficient (Wildman–Crippen LogP) is 3.86. The minimum atomic E-state index is -4.51. The number of benzene rings is 2. The number of imidazole rings is 1. The van der Waals surface area contributed by atoms with Gasteiger partial charge < -0.3 is 14.4 Å². The van der Waals surface area contributed by atoms with Crippen LogP contribution >= 0.6 is 0 Å². The topological polar surface area (TPSA) is 24.3 Å². The summed E-state index contributed by atoms with van der Waals surface area (Å²) in [6.45, 7) is 3.46. The summed E-state index contributed by atoms with van der Waals surface area (Å²) in [6, 6.07) is 14.6.